The molecule has 1 fully saturated rings. The van der Waals surface area contributed by atoms with E-state index in [1.165, 1.54) is 0 Å². The Labute approximate surface area is 119 Å². The number of benzene rings is 1. The van der Waals surface area contributed by atoms with Crippen LogP contribution < -0.4 is 15.8 Å². The van der Waals surface area contributed by atoms with E-state index in [0.29, 0.717) is 17.0 Å². The van der Waals surface area contributed by atoms with Crippen LogP contribution >= 0.6 is 0 Å². The molecule has 2 rings (SSSR count). The van der Waals surface area contributed by atoms with Gasteiger partial charge in [0.2, 0.25) is 0 Å². The van der Waals surface area contributed by atoms with Crippen molar-refractivity contribution in [2.24, 2.45) is 0 Å². The summed E-state index contributed by atoms with van der Waals surface area (Å²) < 4.78 is 5.11. The molecule has 0 spiro atoms. The van der Waals surface area contributed by atoms with Gasteiger partial charge in [-0.15, -0.1) is 0 Å². The van der Waals surface area contributed by atoms with Crippen molar-refractivity contribution in [3.8, 4) is 5.75 Å². The van der Waals surface area contributed by atoms with E-state index in [2.05, 4.69) is 5.32 Å². The maximum atomic E-state index is 12.3. The van der Waals surface area contributed by atoms with E-state index in [0.717, 1.165) is 32.1 Å². The number of carbonyl (C=O) groups is 1. The van der Waals surface area contributed by atoms with Gasteiger partial charge >= 0.3 is 0 Å². The van der Waals surface area contributed by atoms with Gasteiger partial charge in [0.1, 0.15) is 5.75 Å². The van der Waals surface area contributed by atoms with E-state index in [4.69, 9.17) is 10.5 Å². The minimum atomic E-state index is -0.478. The highest BCUT2D eigenvalue weighted by Gasteiger charge is 2.24. The zero-order chi connectivity index (χ0) is 14.5. The Balaban J connectivity index is 2.10. The molecule has 2 atom stereocenters. The molecule has 5 nitrogen and oxygen atoms in total. The number of nitrogen functional groups attached to an aromatic ring is 1. The molecular weight excluding hydrogens is 256 g/mol. The van der Waals surface area contributed by atoms with E-state index in [1.54, 1.807) is 25.3 Å². The predicted molar refractivity (Wildman–Crippen MR) is 77.8 cm³/mol. The van der Waals surface area contributed by atoms with Crippen molar-refractivity contribution < 1.29 is 14.6 Å². The number of hydrogen-bond donors (Lipinski definition) is 3. The molecule has 5 heteroatoms. The molecule has 0 aromatic heterocycles. The minimum Gasteiger partial charge on any atom is -0.497 e. The maximum Gasteiger partial charge on any atom is 0.253 e. The standard InChI is InChI=1S/C15H22N2O3/c1-20-10-7-8-12(16)11(9-10)15(19)17-13-5-3-2-4-6-14(13)18/h7-9,13-14,18H,2-6,16H2,1H3,(H,17,19). The quantitative estimate of drug-likeness (QED) is 0.580. The first kappa shape index (κ1) is 14.7. The van der Waals surface area contributed by atoms with Crippen LogP contribution in [-0.2, 0) is 0 Å². The van der Waals surface area contributed by atoms with Crippen molar-refractivity contribution in [2.75, 3.05) is 12.8 Å². The van der Waals surface area contributed by atoms with Gasteiger partial charge in [-0.2, -0.15) is 0 Å². The monoisotopic (exact) mass is 278 g/mol. The lowest BCUT2D eigenvalue weighted by Gasteiger charge is -2.22. The lowest BCUT2D eigenvalue weighted by molar-refractivity contribution is 0.0819. The Hall–Kier alpha value is -1.75. The van der Waals surface area contributed by atoms with E-state index in [-0.39, 0.29) is 11.9 Å². The first-order valence-electron chi connectivity index (χ1n) is 7.04. The minimum absolute atomic E-state index is 0.199. The maximum absolute atomic E-state index is 12.3. The van der Waals surface area contributed by atoms with Crippen molar-refractivity contribution in [1.29, 1.82) is 0 Å². The van der Waals surface area contributed by atoms with Crippen LogP contribution in [0.25, 0.3) is 0 Å². The SMILES string of the molecule is COc1ccc(N)c(C(=O)NC2CCCCCC2O)c1. The zero-order valence-electron chi connectivity index (χ0n) is 11.8. The number of amides is 1. The van der Waals surface area contributed by atoms with E-state index < -0.39 is 6.10 Å². The number of nitrogens with one attached hydrogen (secondary N) is 1. The molecule has 4 N–H and O–H groups in total. The number of hydrogen-bond acceptors (Lipinski definition) is 4. The predicted octanol–water partition coefficient (Wildman–Crippen LogP) is 1.70. The van der Waals surface area contributed by atoms with Crippen LogP contribution in [0.2, 0.25) is 0 Å². The lowest BCUT2D eigenvalue weighted by Crippen LogP contribution is -2.42. The number of nitrogens with two attached hydrogens (primary N) is 1. The van der Waals surface area contributed by atoms with Crippen molar-refractivity contribution in [2.45, 2.75) is 44.2 Å². The van der Waals surface area contributed by atoms with Crippen LogP contribution in [0.15, 0.2) is 18.2 Å². The van der Waals surface area contributed by atoms with Gasteiger partial charge in [-0.1, -0.05) is 19.3 Å². The molecule has 0 aliphatic heterocycles. The average Bonchev–Trinajstić information content (AvgIpc) is 2.64. The number of ether oxygens (including phenoxy) is 1. The summed E-state index contributed by atoms with van der Waals surface area (Å²) in [6.07, 6.45) is 4.19. The third-order valence-electron chi connectivity index (χ3n) is 3.80. The summed E-state index contributed by atoms with van der Waals surface area (Å²) in [5, 5.41) is 12.9. The third-order valence-corrected chi connectivity index (χ3v) is 3.80. The molecule has 0 radical (unpaired) electrons. The first-order chi connectivity index (χ1) is 9.61. The number of methoxy groups -OCH3 is 1. The molecule has 1 aliphatic rings. The van der Waals surface area contributed by atoms with Gasteiger partial charge in [0.15, 0.2) is 0 Å². The molecule has 0 bridgehead atoms. The summed E-state index contributed by atoms with van der Waals surface area (Å²) in [6.45, 7) is 0. The van der Waals surface area contributed by atoms with Gasteiger partial charge in [-0.25, -0.2) is 0 Å². The summed E-state index contributed by atoms with van der Waals surface area (Å²) in [5.74, 6) is 0.332. The fourth-order valence-electron chi connectivity index (χ4n) is 2.56. The summed E-state index contributed by atoms with van der Waals surface area (Å²) >= 11 is 0. The highest BCUT2D eigenvalue weighted by atomic mass is 16.5. The Morgan fingerprint density at radius 3 is 2.85 bits per heavy atom. The lowest BCUT2D eigenvalue weighted by atomic mass is 10.0. The molecule has 1 aromatic carbocycles. The molecule has 20 heavy (non-hydrogen) atoms. The van der Waals surface area contributed by atoms with E-state index in [1.807, 2.05) is 0 Å². The van der Waals surface area contributed by atoms with Crippen molar-refractivity contribution in [3.05, 3.63) is 23.8 Å². The topological polar surface area (TPSA) is 84.6 Å². The molecule has 2 unspecified atom stereocenters. The first-order valence-corrected chi connectivity index (χ1v) is 7.04. The molecule has 1 aromatic rings. The third kappa shape index (κ3) is 3.42. The number of aliphatic hydroxyl groups excluding tert-OH is 1. The van der Waals surface area contributed by atoms with Gasteiger partial charge in [0, 0.05) is 5.69 Å². The highest BCUT2D eigenvalue weighted by molar-refractivity contribution is 5.99. The Bertz CT molecular complexity index is 476. The van der Waals surface area contributed by atoms with Crippen LogP contribution in [0, 0.1) is 0 Å². The van der Waals surface area contributed by atoms with Crippen LogP contribution in [0.4, 0.5) is 5.69 Å². The largest absolute Gasteiger partial charge is 0.497 e. The molecule has 1 saturated carbocycles. The van der Waals surface area contributed by atoms with Crippen LogP contribution in [0.5, 0.6) is 5.75 Å². The number of carbonyl (C=O) groups excluding carboxylic acids is 1. The normalized spacial score (nSPS) is 22.9. The Morgan fingerprint density at radius 2 is 2.10 bits per heavy atom. The summed E-state index contributed by atoms with van der Waals surface area (Å²) in [4.78, 5) is 12.3. The highest BCUT2D eigenvalue weighted by Crippen LogP contribution is 2.22. The number of rotatable bonds is 3. The molecule has 0 saturated heterocycles. The van der Waals surface area contributed by atoms with Gasteiger partial charge in [0.25, 0.3) is 5.91 Å². The fraction of sp³-hybridized carbons (Fsp3) is 0.533. The Morgan fingerprint density at radius 1 is 1.35 bits per heavy atom. The Kier molecular flexibility index (Phi) is 4.84. The van der Waals surface area contributed by atoms with Gasteiger partial charge in [-0.3, -0.25) is 4.79 Å². The zero-order valence-corrected chi connectivity index (χ0v) is 11.8. The van der Waals surface area contributed by atoms with Gasteiger partial charge in [-0.05, 0) is 31.0 Å². The van der Waals surface area contributed by atoms with E-state index >= 15 is 0 Å². The van der Waals surface area contributed by atoms with Crippen LogP contribution in [0.1, 0.15) is 42.5 Å². The van der Waals surface area contributed by atoms with E-state index in [9.17, 15) is 9.90 Å². The molecule has 110 valence electrons. The van der Waals surface area contributed by atoms with Gasteiger partial charge < -0.3 is 20.9 Å². The molecule has 1 amide bonds. The molecular formula is C15H22N2O3. The van der Waals surface area contributed by atoms with Crippen molar-refractivity contribution >= 4 is 11.6 Å². The average molecular weight is 278 g/mol. The molecule has 0 heterocycles. The molecule has 1 aliphatic carbocycles. The number of aliphatic hydroxyl groups is 1. The second kappa shape index (κ2) is 6.61. The summed E-state index contributed by atoms with van der Waals surface area (Å²) in [6, 6.07) is 4.79. The van der Waals surface area contributed by atoms with Crippen molar-refractivity contribution in [3.63, 3.8) is 0 Å². The second-order valence-corrected chi connectivity index (χ2v) is 5.24. The van der Waals surface area contributed by atoms with Crippen molar-refractivity contribution in [1.82, 2.24) is 5.32 Å². The fourth-order valence-corrected chi connectivity index (χ4v) is 2.56. The van der Waals surface area contributed by atoms with Crippen LogP contribution in [0.3, 0.4) is 0 Å². The summed E-state index contributed by atoms with van der Waals surface area (Å²) in [7, 11) is 1.54. The number of anilines is 1. The van der Waals surface area contributed by atoms with Gasteiger partial charge in [0.05, 0.1) is 24.8 Å². The smallest absolute Gasteiger partial charge is 0.253 e. The second-order valence-electron chi connectivity index (χ2n) is 5.24. The van der Waals surface area contributed by atoms with Crippen LogP contribution in [-0.4, -0.2) is 30.3 Å². The summed E-state index contributed by atoms with van der Waals surface area (Å²) in [5.41, 5.74) is 6.64.